The zero-order valence-electron chi connectivity index (χ0n) is 12.3. The average molecular weight is 280 g/mol. The predicted molar refractivity (Wildman–Crippen MR) is 76.5 cm³/mol. The quantitative estimate of drug-likeness (QED) is 0.780. The standard InChI is InChI=1S/C14H24N4O2/c1-10-13(9-18(2)17-10)14(19)16-7-8-20-12-5-3-11(15)4-6-12/h9,11-12H,3-8,15H2,1-2H3,(H,16,19). The van der Waals surface area contributed by atoms with Gasteiger partial charge in [-0.15, -0.1) is 0 Å². The van der Waals surface area contributed by atoms with Gasteiger partial charge in [-0.05, 0) is 32.6 Å². The molecule has 0 spiro atoms. The van der Waals surface area contributed by atoms with Crippen molar-refractivity contribution in [1.82, 2.24) is 15.1 Å². The van der Waals surface area contributed by atoms with Crippen molar-refractivity contribution in [1.29, 1.82) is 0 Å². The Morgan fingerprint density at radius 3 is 2.80 bits per heavy atom. The second-order valence-corrected chi connectivity index (χ2v) is 5.47. The Bertz CT molecular complexity index is 450. The molecule has 2 rings (SSSR count). The second kappa shape index (κ2) is 6.85. The molecule has 3 N–H and O–H groups in total. The molecule has 0 atom stereocenters. The first kappa shape index (κ1) is 15.0. The largest absolute Gasteiger partial charge is 0.376 e. The number of ether oxygens (including phenoxy) is 1. The summed E-state index contributed by atoms with van der Waals surface area (Å²) in [6.07, 6.45) is 6.14. The van der Waals surface area contributed by atoms with Crippen molar-refractivity contribution in [3.05, 3.63) is 17.5 Å². The number of carbonyl (C=O) groups is 1. The number of aromatic nitrogens is 2. The van der Waals surface area contributed by atoms with Crippen LogP contribution in [0.5, 0.6) is 0 Å². The molecule has 0 unspecified atom stereocenters. The van der Waals surface area contributed by atoms with Crippen molar-refractivity contribution in [2.24, 2.45) is 12.8 Å². The minimum absolute atomic E-state index is 0.0927. The second-order valence-electron chi connectivity index (χ2n) is 5.47. The van der Waals surface area contributed by atoms with Gasteiger partial charge in [0.15, 0.2) is 0 Å². The Morgan fingerprint density at radius 2 is 2.20 bits per heavy atom. The van der Waals surface area contributed by atoms with Crippen LogP contribution in [0.2, 0.25) is 0 Å². The number of hydrogen-bond acceptors (Lipinski definition) is 4. The van der Waals surface area contributed by atoms with E-state index in [1.807, 2.05) is 6.92 Å². The van der Waals surface area contributed by atoms with E-state index in [9.17, 15) is 4.79 Å². The molecule has 1 saturated carbocycles. The molecule has 0 bridgehead atoms. The van der Waals surface area contributed by atoms with Crippen molar-refractivity contribution in [2.45, 2.75) is 44.8 Å². The number of nitrogens with one attached hydrogen (secondary N) is 1. The van der Waals surface area contributed by atoms with E-state index in [2.05, 4.69) is 10.4 Å². The van der Waals surface area contributed by atoms with Crippen LogP contribution in [0.1, 0.15) is 41.7 Å². The molecule has 20 heavy (non-hydrogen) atoms. The maximum absolute atomic E-state index is 11.9. The highest BCUT2D eigenvalue weighted by molar-refractivity contribution is 5.94. The molecule has 1 heterocycles. The molecule has 1 aliphatic rings. The van der Waals surface area contributed by atoms with Gasteiger partial charge in [0.1, 0.15) is 0 Å². The van der Waals surface area contributed by atoms with Crippen LogP contribution < -0.4 is 11.1 Å². The zero-order chi connectivity index (χ0) is 14.5. The smallest absolute Gasteiger partial charge is 0.254 e. The number of hydrogen-bond donors (Lipinski definition) is 2. The normalized spacial score (nSPS) is 22.8. The number of carbonyl (C=O) groups excluding carboxylic acids is 1. The van der Waals surface area contributed by atoms with Gasteiger partial charge in [0.2, 0.25) is 0 Å². The monoisotopic (exact) mass is 280 g/mol. The van der Waals surface area contributed by atoms with Gasteiger partial charge in [0.05, 0.1) is 24.0 Å². The van der Waals surface area contributed by atoms with Crippen molar-refractivity contribution < 1.29 is 9.53 Å². The fourth-order valence-corrected chi connectivity index (χ4v) is 2.56. The minimum atomic E-state index is -0.0927. The van der Waals surface area contributed by atoms with Crippen LogP contribution in [-0.4, -0.2) is 41.0 Å². The Morgan fingerprint density at radius 1 is 1.50 bits per heavy atom. The lowest BCUT2D eigenvalue weighted by molar-refractivity contribution is 0.0267. The highest BCUT2D eigenvalue weighted by Gasteiger charge is 2.18. The third-order valence-corrected chi connectivity index (χ3v) is 3.72. The molecule has 0 aliphatic heterocycles. The third-order valence-electron chi connectivity index (χ3n) is 3.72. The van der Waals surface area contributed by atoms with Gasteiger partial charge >= 0.3 is 0 Å². The first-order valence-corrected chi connectivity index (χ1v) is 7.22. The Hall–Kier alpha value is -1.40. The van der Waals surface area contributed by atoms with Crippen LogP contribution in [-0.2, 0) is 11.8 Å². The lowest BCUT2D eigenvalue weighted by Crippen LogP contribution is -2.33. The van der Waals surface area contributed by atoms with Crippen LogP contribution in [0.15, 0.2) is 6.20 Å². The Labute approximate surface area is 119 Å². The van der Waals surface area contributed by atoms with Crippen molar-refractivity contribution >= 4 is 5.91 Å². The van der Waals surface area contributed by atoms with E-state index >= 15 is 0 Å². The van der Waals surface area contributed by atoms with Crippen LogP contribution in [0.4, 0.5) is 0 Å². The van der Waals surface area contributed by atoms with Crippen LogP contribution in [0, 0.1) is 6.92 Å². The molecule has 6 heteroatoms. The van der Waals surface area contributed by atoms with Gasteiger partial charge in [0, 0.05) is 25.8 Å². The highest BCUT2D eigenvalue weighted by Crippen LogP contribution is 2.19. The number of nitrogens with zero attached hydrogens (tertiary/aromatic N) is 2. The number of aryl methyl sites for hydroxylation is 2. The van der Waals surface area contributed by atoms with E-state index in [0.29, 0.717) is 30.9 Å². The summed E-state index contributed by atoms with van der Waals surface area (Å²) in [6.45, 7) is 2.90. The summed E-state index contributed by atoms with van der Waals surface area (Å²) in [6, 6.07) is 0.336. The van der Waals surface area contributed by atoms with Gasteiger partial charge in [-0.2, -0.15) is 5.10 Å². The number of amides is 1. The van der Waals surface area contributed by atoms with Gasteiger partial charge in [-0.3, -0.25) is 9.48 Å². The summed E-state index contributed by atoms with van der Waals surface area (Å²) in [5, 5.41) is 7.01. The van der Waals surface area contributed by atoms with E-state index < -0.39 is 0 Å². The third kappa shape index (κ3) is 4.05. The summed E-state index contributed by atoms with van der Waals surface area (Å²) in [5.74, 6) is -0.0927. The molecule has 1 aromatic heterocycles. The Kier molecular flexibility index (Phi) is 5.14. The van der Waals surface area contributed by atoms with E-state index in [4.69, 9.17) is 10.5 Å². The average Bonchev–Trinajstić information content (AvgIpc) is 2.75. The van der Waals surface area contributed by atoms with Crippen LogP contribution in [0.3, 0.4) is 0 Å². The molecular formula is C14H24N4O2. The molecule has 1 amide bonds. The summed E-state index contributed by atoms with van der Waals surface area (Å²) >= 11 is 0. The molecule has 112 valence electrons. The maximum Gasteiger partial charge on any atom is 0.254 e. The first-order chi connectivity index (χ1) is 9.56. The fraction of sp³-hybridized carbons (Fsp3) is 0.714. The number of nitrogens with two attached hydrogens (primary N) is 1. The molecule has 1 aliphatic carbocycles. The van der Waals surface area contributed by atoms with E-state index in [-0.39, 0.29) is 5.91 Å². The molecule has 6 nitrogen and oxygen atoms in total. The van der Waals surface area contributed by atoms with Crippen LogP contribution in [0.25, 0.3) is 0 Å². The maximum atomic E-state index is 11.9. The zero-order valence-corrected chi connectivity index (χ0v) is 12.3. The van der Waals surface area contributed by atoms with Crippen molar-refractivity contribution in [3.8, 4) is 0 Å². The van der Waals surface area contributed by atoms with Crippen molar-refractivity contribution in [2.75, 3.05) is 13.2 Å². The molecule has 0 aromatic carbocycles. The topological polar surface area (TPSA) is 82.2 Å². The fourth-order valence-electron chi connectivity index (χ4n) is 2.56. The SMILES string of the molecule is Cc1nn(C)cc1C(=O)NCCOC1CCC(N)CC1. The molecule has 1 aromatic rings. The summed E-state index contributed by atoms with van der Waals surface area (Å²) < 4.78 is 7.41. The van der Waals surface area contributed by atoms with Gasteiger partial charge in [-0.25, -0.2) is 0 Å². The lowest BCUT2D eigenvalue weighted by atomic mass is 9.94. The molecule has 0 saturated heterocycles. The minimum Gasteiger partial charge on any atom is -0.376 e. The van der Waals surface area contributed by atoms with Gasteiger partial charge < -0.3 is 15.8 Å². The van der Waals surface area contributed by atoms with E-state index in [1.165, 1.54) is 0 Å². The van der Waals surface area contributed by atoms with Gasteiger partial charge in [-0.1, -0.05) is 0 Å². The van der Waals surface area contributed by atoms with E-state index in [1.54, 1.807) is 17.9 Å². The molecule has 1 fully saturated rings. The lowest BCUT2D eigenvalue weighted by Gasteiger charge is -2.26. The summed E-state index contributed by atoms with van der Waals surface area (Å²) in [5.41, 5.74) is 7.22. The van der Waals surface area contributed by atoms with Crippen molar-refractivity contribution in [3.63, 3.8) is 0 Å². The molecular weight excluding hydrogens is 256 g/mol. The molecule has 0 radical (unpaired) electrons. The number of rotatable bonds is 5. The summed E-state index contributed by atoms with van der Waals surface area (Å²) in [7, 11) is 1.81. The summed E-state index contributed by atoms with van der Waals surface area (Å²) in [4.78, 5) is 11.9. The highest BCUT2D eigenvalue weighted by atomic mass is 16.5. The Balaban J connectivity index is 1.66. The van der Waals surface area contributed by atoms with E-state index in [0.717, 1.165) is 31.4 Å². The van der Waals surface area contributed by atoms with Gasteiger partial charge in [0.25, 0.3) is 5.91 Å². The van der Waals surface area contributed by atoms with Crippen LogP contribution >= 0.6 is 0 Å². The first-order valence-electron chi connectivity index (χ1n) is 7.22. The predicted octanol–water partition coefficient (Wildman–Crippen LogP) is 0.745.